The fourth-order valence-electron chi connectivity index (χ4n) is 2.05. The molecule has 3 heterocycles. The first-order valence-electron chi connectivity index (χ1n) is 5.89. The van der Waals surface area contributed by atoms with Crippen molar-refractivity contribution in [2.75, 3.05) is 6.54 Å². The number of aromatic nitrogens is 3. The Morgan fingerprint density at radius 1 is 1.35 bits per heavy atom. The third-order valence-corrected chi connectivity index (χ3v) is 3.72. The highest BCUT2D eigenvalue weighted by molar-refractivity contribution is 7.13. The molecule has 1 unspecified atom stereocenters. The van der Waals surface area contributed by atoms with Crippen molar-refractivity contribution in [2.24, 2.45) is 0 Å². The van der Waals surface area contributed by atoms with E-state index >= 15 is 0 Å². The van der Waals surface area contributed by atoms with Crippen molar-refractivity contribution in [1.29, 1.82) is 0 Å². The van der Waals surface area contributed by atoms with Gasteiger partial charge in [-0.25, -0.2) is 0 Å². The molecule has 1 aliphatic rings. The lowest BCUT2D eigenvalue weighted by Gasteiger charge is -2.09. The van der Waals surface area contributed by atoms with Crippen LogP contribution in [0.3, 0.4) is 0 Å². The van der Waals surface area contributed by atoms with Crippen LogP contribution in [0.1, 0.15) is 37.5 Å². The molecule has 5 nitrogen and oxygen atoms in total. The predicted molar refractivity (Wildman–Crippen MR) is 64.6 cm³/mol. The van der Waals surface area contributed by atoms with E-state index in [4.69, 9.17) is 4.52 Å². The van der Waals surface area contributed by atoms with Gasteiger partial charge in [-0.15, -0.1) is 11.3 Å². The lowest BCUT2D eigenvalue weighted by molar-refractivity contribution is 0.403. The van der Waals surface area contributed by atoms with Crippen LogP contribution in [-0.4, -0.2) is 21.7 Å². The summed E-state index contributed by atoms with van der Waals surface area (Å²) < 4.78 is 5.27. The normalized spacial score (nSPS) is 21.3. The van der Waals surface area contributed by atoms with Crippen molar-refractivity contribution in [3.8, 4) is 10.8 Å². The number of nitrogens with zero attached hydrogens (tertiary/aromatic N) is 3. The van der Waals surface area contributed by atoms with Crippen LogP contribution in [-0.2, 0) is 0 Å². The second kappa shape index (κ2) is 4.93. The third-order valence-electron chi connectivity index (χ3n) is 2.96. The number of rotatable bonds is 2. The van der Waals surface area contributed by atoms with Gasteiger partial charge in [0.2, 0.25) is 0 Å². The fraction of sp³-hybridized carbons (Fsp3) is 0.545. The average Bonchev–Trinajstić information content (AvgIpc) is 2.95. The Morgan fingerprint density at radius 2 is 2.35 bits per heavy atom. The van der Waals surface area contributed by atoms with Crippen LogP contribution in [0.15, 0.2) is 16.2 Å². The van der Waals surface area contributed by atoms with Gasteiger partial charge >= 0.3 is 0 Å². The zero-order chi connectivity index (χ0) is 11.5. The van der Waals surface area contributed by atoms with E-state index in [1.54, 1.807) is 11.7 Å². The lowest BCUT2D eigenvalue weighted by Crippen LogP contribution is -2.21. The van der Waals surface area contributed by atoms with Gasteiger partial charge in [0.25, 0.3) is 5.89 Å². The molecule has 0 spiro atoms. The van der Waals surface area contributed by atoms with Crippen LogP contribution in [0.2, 0.25) is 0 Å². The minimum Gasteiger partial charge on any atom is -0.333 e. The summed E-state index contributed by atoms with van der Waals surface area (Å²) in [5.41, 5.74) is 1.77. The molecule has 0 amide bonds. The molecular weight excluding hydrogens is 236 g/mol. The highest BCUT2D eigenvalue weighted by Gasteiger charge is 2.20. The molecule has 0 aliphatic carbocycles. The molecule has 0 radical (unpaired) electrons. The summed E-state index contributed by atoms with van der Waals surface area (Å²) >= 11 is 1.51. The number of nitrogens with one attached hydrogen (secondary N) is 1. The van der Waals surface area contributed by atoms with Gasteiger partial charge in [0, 0.05) is 0 Å². The molecule has 2 aromatic rings. The molecule has 0 aromatic carbocycles. The maximum absolute atomic E-state index is 5.27. The predicted octanol–water partition coefficient (Wildman–Crippen LogP) is 2.40. The molecule has 6 heteroatoms. The summed E-state index contributed by atoms with van der Waals surface area (Å²) in [6, 6.07) is 0.239. The van der Waals surface area contributed by atoms with E-state index in [0.29, 0.717) is 5.89 Å². The van der Waals surface area contributed by atoms with Crippen molar-refractivity contribution in [3.63, 3.8) is 0 Å². The van der Waals surface area contributed by atoms with E-state index in [0.717, 1.165) is 23.7 Å². The highest BCUT2D eigenvalue weighted by atomic mass is 32.1. The molecule has 1 saturated heterocycles. The van der Waals surface area contributed by atoms with Gasteiger partial charge in [0.1, 0.15) is 4.88 Å². The van der Waals surface area contributed by atoms with Crippen LogP contribution in [0, 0.1) is 0 Å². The summed E-state index contributed by atoms with van der Waals surface area (Å²) in [5, 5.41) is 7.53. The molecule has 3 rings (SSSR count). The molecule has 1 atom stereocenters. The van der Waals surface area contributed by atoms with Crippen molar-refractivity contribution in [3.05, 3.63) is 17.5 Å². The Bertz CT molecular complexity index is 460. The fourth-order valence-corrected chi connectivity index (χ4v) is 2.59. The van der Waals surface area contributed by atoms with Gasteiger partial charge in [0.15, 0.2) is 5.82 Å². The molecule has 17 heavy (non-hydrogen) atoms. The van der Waals surface area contributed by atoms with Crippen molar-refractivity contribution in [1.82, 2.24) is 20.4 Å². The minimum absolute atomic E-state index is 0.239. The van der Waals surface area contributed by atoms with E-state index in [-0.39, 0.29) is 6.04 Å². The first-order chi connectivity index (χ1) is 8.43. The van der Waals surface area contributed by atoms with Crippen molar-refractivity contribution >= 4 is 11.3 Å². The van der Waals surface area contributed by atoms with Gasteiger partial charge < -0.3 is 9.84 Å². The van der Waals surface area contributed by atoms with E-state index < -0.39 is 0 Å². The zero-order valence-corrected chi connectivity index (χ0v) is 10.2. The van der Waals surface area contributed by atoms with Crippen molar-refractivity contribution in [2.45, 2.75) is 31.7 Å². The summed E-state index contributed by atoms with van der Waals surface area (Å²) in [7, 11) is 0. The summed E-state index contributed by atoms with van der Waals surface area (Å²) in [5.74, 6) is 1.35. The SMILES string of the molecule is c1ncc(-c2nc(C3CCCCCN3)no2)s1. The summed E-state index contributed by atoms with van der Waals surface area (Å²) in [4.78, 5) is 9.39. The summed E-state index contributed by atoms with van der Waals surface area (Å²) in [6.45, 7) is 1.04. The second-order valence-electron chi connectivity index (χ2n) is 4.18. The Labute approximate surface area is 103 Å². The van der Waals surface area contributed by atoms with Gasteiger partial charge in [-0.3, -0.25) is 4.98 Å². The van der Waals surface area contributed by atoms with E-state index in [1.165, 1.54) is 30.6 Å². The van der Waals surface area contributed by atoms with Gasteiger partial charge in [-0.2, -0.15) is 4.98 Å². The molecular formula is C11H14N4OS. The number of thiazole rings is 1. The topological polar surface area (TPSA) is 63.8 Å². The monoisotopic (exact) mass is 250 g/mol. The standard InChI is InChI=1S/C11H14N4OS/c1-2-4-8(13-5-3-1)10-14-11(16-15-10)9-6-12-7-17-9/h6-8,13H,1-5H2. The highest BCUT2D eigenvalue weighted by Crippen LogP contribution is 2.25. The number of hydrogen-bond donors (Lipinski definition) is 1. The smallest absolute Gasteiger partial charge is 0.269 e. The van der Waals surface area contributed by atoms with E-state index in [9.17, 15) is 0 Å². The van der Waals surface area contributed by atoms with E-state index in [1.807, 2.05) is 0 Å². The van der Waals surface area contributed by atoms with E-state index in [2.05, 4.69) is 20.4 Å². The largest absolute Gasteiger partial charge is 0.333 e. The first-order valence-corrected chi connectivity index (χ1v) is 6.77. The Kier molecular flexibility index (Phi) is 3.15. The van der Waals surface area contributed by atoms with Crippen LogP contribution in [0.4, 0.5) is 0 Å². The molecule has 1 aliphatic heterocycles. The average molecular weight is 250 g/mol. The van der Waals surface area contributed by atoms with Crippen LogP contribution >= 0.6 is 11.3 Å². The van der Waals surface area contributed by atoms with Crippen LogP contribution in [0.25, 0.3) is 10.8 Å². The maximum atomic E-state index is 5.27. The molecule has 0 saturated carbocycles. The van der Waals surface area contributed by atoms with Gasteiger partial charge in [0.05, 0.1) is 17.7 Å². The summed E-state index contributed by atoms with van der Waals surface area (Å²) in [6.07, 6.45) is 6.57. The van der Waals surface area contributed by atoms with Crippen LogP contribution < -0.4 is 5.32 Å². The first kappa shape index (κ1) is 10.9. The maximum Gasteiger partial charge on any atom is 0.269 e. The molecule has 0 bridgehead atoms. The van der Waals surface area contributed by atoms with Crippen molar-refractivity contribution < 1.29 is 4.52 Å². The van der Waals surface area contributed by atoms with Gasteiger partial charge in [-0.05, 0) is 19.4 Å². The second-order valence-corrected chi connectivity index (χ2v) is 5.07. The Hall–Kier alpha value is -1.27. The molecule has 1 N–H and O–H groups in total. The molecule has 2 aromatic heterocycles. The Morgan fingerprint density at radius 3 is 3.24 bits per heavy atom. The molecule has 90 valence electrons. The quantitative estimate of drug-likeness (QED) is 0.886. The minimum atomic E-state index is 0.239. The lowest BCUT2D eigenvalue weighted by atomic mass is 10.1. The van der Waals surface area contributed by atoms with Crippen LogP contribution in [0.5, 0.6) is 0 Å². The third kappa shape index (κ3) is 2.37. The number of hydrogen-bond acceptors (Lipinski definition) is 6. The zero-order valence-electron chi connectivity index (χ0n) is 9.43. The Balaban J connectivity index is 1.79. The van der Waals surface area contributed by atoms with Gasteiger partial charge in [-0.1, -0.05) is 18.0 Å². The molecule has 1 fully saturated rings.